The minimum atomic E-state index is -4.48. The highest BCUT2D eigenvalue weighted by molar-refractivity contribution is 5.94. The maximum absolute atomic E-state index is 12.7. The van der Waals surface area contributed by atoms with Crippen LogP contribution in [-0.4, -0.2) is 60.5 Å². The maximum atomic E-state index is 12.7. The Morgan fingerprint density at radius 3 is 2.26 bits per heavy atom. The number of alkyl halides is 3. The van der Waals surface area contributed by atoms with Gasteiger partial charge in [0.1, 0.15) is 0 Å². The van der Waals surface area contributed by atoms with Crippen LogP contribution in [0.15, 0.2) is 24.3 Å². The first-order valence-electron chi connectivity index (χ1n) is 7.23. The number of ether oxygens (including phenoxy) is 1. The van der Waals surface area contributed by atoms with E-state index in [0.717, 1.165) is 12.1 Å². The summed E-state index contributed by atoms with van der Waals surface area (Å²) < 4.78 is 43.1. The molecule has 1 atom stereocenters. The van der Waals surface area contributed by atoms with Gasteiger partial charge in [0.05, 0.1) is 12.2 Å². The molecule has 5 nitrogen and oxygen atoms in total. The number of rotatable bonds is 2. The Balaban J connectivity index is 1.64. The summed E-state index contributed by atoms with van der Waals surface area (Å²) in [6.45, 7) is 1.76. The summed E-state index contributed by atoms with van der Waals surface area (Å²) in [6, 6.07) is 4.38. The lowest BCUT2D eigenvalue weighted by Gasteiger charge is -2.34. The second-order valence-corrected chi connectivity index (χ2v) is 5.52. The van der Waals surface area contributed by atoms with Gasteiger partial charge in [-0.3, -0.25) is 9.59 Å². The average Bonchev–Trinajstić information content (AvgIpc) is 3.38. The van der Waals surface area contributed by atoms with E-state index in [0.29, 0.717) is 32.8 Å². The zero-order valence-electron chi connectivity index (χ0n) is 12.2. The topological polar surface area (TPSA) is 53.2 Å². The first kappa shape index (κ1) is 15.8. The van der Waals surface area contributed by atoms with E-state index in [1.54, 1.807) is 4.90 Å². The van der Waals surface area contributed by atoms with Crippen LogP contribution in [0.5, 0.6) is 0 Å². The van der Waals surface area contributed by atoms with Crippen molar-refractivity contribution in [2.75, 3.05) is 32.8 Å². The van der Waals surface area contributed by atoms with Gasteiger partial charge in [-0.05, 0) is 18.2 Å². The van der Waals surface area contributed by atoms with Crippen LogP contribution in [0.2, 0.25) is 0 Å². The highest BCUT2D eigenvalue weighted by Gasteiger charge is 2.37. The van der Waals surface area contributed by atoms with Crippen LogP contribution in [0.4, 0.5) is 13.2 Å². The highest BCUT2D eigenvalue weighted by atomic mass is 19.4. The third kappa shape index (κ3) is 3.47. The first-order valence-corrected chi connectivity index (χ1v) is 7.23. The van der Waals surface area contributed by atoms with Crippen molar-refractivity contribution < 1.29 is 27.5 Å². The van der Waals surface area contributed by atoms with Gasteiger partial charge in [-0.1, -0.05) is 6.07 Å². The van der Waals surface area contributed by atoms with E-state index in [9.17, 15) is 22.8 Å². The summed E-state index contributed by atoms with van der Waals surface area (Å²) in [7, 11) is 0. The number of nitrogens with zero attached hydrogens (tertiary/aromatic N) is 2. The van der Waals surface area contributed by atoms with Gasteiger partial charge in [-0.15, -0.1) is 0 Å². The van der Waals surface area contributed by atoms with Crippen molar-refractivity contribution >= 4 is 11.8 Å². The number of carbonyl (C=O) groups excluding carboxylic acids is 2. The van der Waals surface area contributed by atoms with Gasteiger partial charge < -0.3 is 14.5 Å². The first-order chi connectivity index (χ1) is 10.9. The molecule has 2 amide bonds. The summed E-state index contributed by atoms with van der Waals surface area (Å²) in [6.07, 6.45) is -4.84. The molecule has 23 heavy (non-hydrogen) atoms. The predicted molar refractivity (Wildman–Crippen MR) is 73.7 cm³/mol. The van der Waals surface area contributed by atoms with Crippen molar-refractivity contribution in [1.29, 1.82) is 0 Å². The van der Waals surface area contributed by atoms with Crippen LogP contribution in [0, 0.1) is 0 Å². The second-order valence-electron chi connectivity index (χ2n) is 5.52. The molecule has 0 N–H and O–H groups in total. The summed E-state index contributed by atoms with van der Waals surface area (Å²) in [5.41, 5.74) is -0.840. The lowest BCUT2D eigenvalue weighted by Crippen LogP contribution is -2.51. The molecule has 0 radical (unpaired) electrons. The van der Waals surface area contributed by atoms with Crippen LogP contribution in [-0.2, 0) is 15.7 Å². The molecule has 2 saturated heterocycles. The Morgan fingerprint density at radius 2 is 1.70 bits per heavy atom. The average molecular weight is 328 g/mol. The van der Waals surface area contributed by atoms with E-state index in [-0.39, 0.29) is 17.6 Å². The van der Waals surface area contributed by atoms with Crippen LogP contribution in [0.3, 0.4) is 0 Å². The fourth-order valence-electron chi connectivity index (χ4n) is 2.54. The van der Waals surface area contributed by atoms with Gasteiger partial charge in [0.25, 0.3) is 11.8 Å². The van der Waals surface area contributed by atoms with Crippen LogP contribution < -0.4 is 0 Å². The maximum Gasteiger partial charge on any atom is 0.416 e. The molecule has 124 valence electrons. The van der Waals surface area contributed by atoms with Gasteiger partial charge in [-0.25, -0.2) is 0 Å². The molecular weight excluding hydrogens is 313 g/mol. The molecule has 3 rings (SSSR count). The number of benzene rings is 1. The molecule has 0 bridgehead atoms. The molecule has 2 heterocycles. The molecule has 2 aliphatic heterocycles. The van der Waals surface area contributed by atoms with Crippen LogP contribution in [0.25, 0.3) is 0 Å². The largest absolute Gasteiger partial charge is 0.416 e. The molecule has 1 aromatic rings. The van der Waals surface area contributed by atoms with E-state index in [4.69, 9.17) is 4.74 Å². The standard InChI is InChI=1S/C15H15F3N2O3/c16-15(17,18)11-3-1-2-10(8-11)13(21)19-4-6-20(7-5-19)14(22)12-9-23-12/h1-3,8,12H,4-7,9H2. The Morgan fingerprint density at radius 1 is 1.09 bits per heavy atom. The number of hydrogen-bond acceptors (Lipinski definition) is 3. The van der Waals surface area contributed by atoms with Crippen LogP contribution >= 0.6 is 0 Å². The molecule has 0 saturated carbocycles. The van der Waals surface area contributed by atoms with E-state index < -0.39 is 17.6 Å². The van der Waals surface area contributed by atoms with Gasteiger partial charge in [0.2, 0.25) is 0 Å². The molecule has 0 spiro atoms. The Labute approximate surface area is 130 Å². The summed E-state index contributed by atoms with van der Waals surface area (Å²) in [5, 5.41) is 0. The monoisotopic (exact) mass is 328 g/mol. The summed E-state index contributed by atoms with van der Waals surface area (Å²) in [5.74, 6) is -0.540. The van der Waals surface area contributed by atoms with Crippen molar-refractivity contribution in [3.8, 4) is 0 Å². The van der Waals surface area contributed by atoms with E-state index >= 15 is 0 Å². The fourth-order valence-corrected chi connectivity index (χ4v) is 2.54. The lowest BCUT2D eigenvalue weighted by atomic mass is 10.1. The van der Waals surface area contributed by atoms with Crippen molar-refractivity contribution in [2.45, 2.75) is 12.3 Å². The number of hydrogen-bond donors (Lipinski definition) is 0. The van der Waals surface area contributed by atoms with Gasteiger partial charge in [-0.2, -0.15) is 13.2 Å². The van der Waals surface area contributed by atoms with Crippen molar-refractivity contribution in [1.82, 2.24) is 9.80 Å². The Bertz CT molecular complexity index is 621. The number of epoxide rings is 1. The molecule has 0 aromatic heterocycles. The van der Waals surface area contributed by atoms with Crippen LogP contribution in [0.1, 0.15) is 15.9 Å². The third-order valence-electron chi connectivity index (χ3n) is 3.92. The smallest absolute Gasteiger partial charge is 0.363 e. The number of halogens is 3. The fraction of sp³-hybridized carbons (Fsp3) is 0.467. The number of piperazine rings is 1. The molecule has 8 heteroatoms. The van der Waals surface area contributed by atoms with E-state index in [1.807, 2.05) is 0 Å². The summed E-state index contributed by atoms with van der Waals surface area (Å²) in [4.78, 5) is 27.3. The molecule has 0 aliphatic carbocycles. The normalized spacial score (nSPS) is 21.3. The number of amides is 2. The van der Waals surface area contributed by atoms with Gasteiger partial charge in [0.15, 0.2) is 6.10 Å². The minimum Gasteiger partial charge on any atom is -0.363 e. The molecule has 2 fully saturated rings. The van der Waals surface area contributed by atoms with Gasteiger partial charge in [0, 0.05) is 31.7 Å². The third-order valence-corrected chi connectivity index (χ3v) is 3.92. The Kier molecular flexibility index (Phi) is 4.01. The lowest BCUT2D eigenvalue weighted by molar-refractivity contribution is -0.137. The molecule has 1 aromatic carbocycles. The quantitative estimate of drug-likeness (QED) is 0.771. The van der Waals surface area contributed by atoms with E-state index in [2.05, 4.69) is 0 Å². The number of carbonyl (C=O) groups is 2. The zero-order chi connectivity index (χ0) is 16.6. The van der Waals surface area contributed by atoms with Crippen molar-refractivity contribution in [3.05, 3.63) is 35.4 Å². The predicted octanol–water partition coefficient (Wildman–Crippen LogP) is 1.39. The molecule has 1 unspecified atom stereocenters. The molecule has 2 aliphatic rings. The van der Waals surface area contributed by atoms with Crippen molar-refractivity contribution in [2.24, 2.45) is 0 Å². The van der Waals surface area contributed by atoms with Crippen molar-refractivity contribution in [3.63, 3.8) is 0 Å². The zero-order valence-corrected chi connectivity index (χ0v) is 12.2. The second kappa shape index (κ2) is 5.84. The highest BCUT2D eigenvalue weighted by Crippen LogP contribution is 2.29. The Hall–Kier alpha value is -2.09. The SMILES string of the molecule is O=C(c1cccc(C(F)(F)F)c1)N1CCN(C(=O)C2CO2)CC1. The minimum absolute atomic E-state index is 0.00475. The molecular formula is C15H15F3N2O3. The van der Waals surface area contributed by atoms with Gasteiger partial charge >= 0.3 is 6.18 Å². The summed E-state index contributed by atoms with van der Waals surface area (Å²) >= 11 is 0. The van der Waals surface area contributed by atoms with E-state index in [1.165, 1.54) is 17.0 Å².